The molecule has 1 aromatic rings. The number of aliphatic hydroxyl groups is 1. The average Bonchev–Trinajstić information content (AvgIpc) is 2.26. The molecule has 0 saturated carbocycles. The predicted molar refractivity (Wildman–Crippen MR) is 60.2 cm³/mol. The first-order valence-corrected chi connectivity index (χ1v) is 5.15. The van der Waals surface area contributed by atoms with Crippen molar-refractivity contribution in [2.24, 2.45) is 5.92 Å². The molecule has 1 atom stereocenters. The van der Waals surface area contributed by atoms with Gasteiger partial charge < -0.3 is 15.4 Å². The molecule has 1 aromatic heterocycles. The van der Waals surface area contributed by atoms with E-state index < -0.39 is 6.10 Å². The van der Waals surface area contributed by atoms with Gasteiger partial charge in [-0.25, -0.2) is 0 Å². The zero-order chi connectivity index (χ0) is 12.1. The van der Waals surface area contributed by atoms with Crippen LogP contribution >= 0.6 is 0 Å². The third kappa shape index (κ3) is 3.51. The number of carbonyl (C=O) groups is 1. The number of pyridine rings is 1. The summed E-state index contributed by atoms with van der Waals surface area (Å²) >= 11 is 0. The Labute approximate surface area is 93.5 Å². The van der Waals surface area contributed by atoms with Gasteiger partial charge in [0.1, 0.15) is 0 Å². The summed E-state index contributed by atoms with van der Waals surface area (Å²) in [7, 11) is 0. The Morgan fingerprint density at radius 3 is 2.69 bits per heavy atom. The summed E-state index contributed by atoms with van der Waals surface area (Å²) < 4.78 is 0. The summed E-state index contributed by atoms with van der Waals surface area (Å²) in [5.41, 5.74) is 0.120. The SMILES string of the molecule is CC(C)C(O)CNC(=O)c1ccc(=O)[nH]c1. The lowest BCUT2D eigenvalue weighted by Crippen LogP contribution is -2.34. The number of carbonyl (C=O) groups excluding carboxylic acids is 1. The van der Waals surface area contributed by atoms with Crippen LogP contribution in [-0.4, -0.2) is 28.6 Å². The molecule has 1 heterocycles. The van der Waals surface area contributed by atoms with Gasteiger partial charge >= 0.3 is 0 Å². The third-order valence-electron chi connectivity index (χ3n) is 2.29. The van der Waals surface area contributed by atoms with Crippen molar-refractivity contribution in [3.8, 4) is 0 Å². The van der Waals surface area contributed by atoms with Crippen LogP contribution in [0.25, 0.3) is 0 Å². The number of hydrogen-bond acceptors (Lipinski definition) is 3. The normalized spacial score (nSPS) is 12.5. The highest BCUT2D eigenvalue weighted by Crippen LogP contribution is 2.00. The van der Waals surface area contributed by atoms with Gasteiger partial charge in [-0.15, -0.1) is 0 Å². The molecule has 1 rings (SSSR count). The maximum Gasteiger partial charge on any atom is 0.252 e. The molecule has 16 heavy (non-hydrogen) atoms. The van der Waals surface area contributed by atoms with Crippen LogP contribution in [0.1, 0.15) is 24.2 Å². The molecular formula is C11H16N2O3. The summed E-state index contributed by atoms with van der Waals surface area (Å²) in [4.78, 5) is 24.7. The van der Waals surface area contributed by atoms with E-state index in [9.17, 15) is 14.7 Å². The van der Waals surface area contributed by atoms with E-state index in [1.165, 1.54) is 18.3 Å². The highest BCUT2D eigenvalue weighted by molar-refractivity contribution is 5.93. The Hall–Kier alpha value is -1.62. The molecule has 0 saturated heterocycles. The largest absolute Gasteiger partial charge is 0.391 e. The lowest BCUT2D eigenvalue weighted by molar-refractivity contribution is 0.0871. The van der Waals surface area contributed by atoms with Crippen LogP contribution in [-0.2, 0) is 0 Å². The van der Waals surface area contributed by atoms with E-state index >= 15 is 0 Å². The monoisotopic (exact) mass is 224 g/mol. The average molecular weight is 224 g/mol. The molecule has 0 radical (unpaired) electrons. The van der Waals surface area contributed by atoms with Crippen LogP contribution in [0.3, 0.4) is 0 Å². The fourth-order valence-electron chi connectivity index (χ4n) is 1.09. The minimum Gasteiger partial charge on any atom is -0.391 e. The Morgan fingerprint density at radius 2 is 2.19 bits per heavy atom. The van der Waals surface area contributed by atoms with Gasteiger partial charge in [0.05, 0.1) is 11.7 Å². The second-order valence-electron chi connectivity index (χ2n) is 3.96. The van der Waals surface area contributed by atoms with Crippen molar-refractivity contribution in [1.29, 1.82) is 0 Å². The van der Waals surface area contributed by atoms with Crippen LogP contribution < -0.4 is 10.9 Å². The molecule has 1 amide bonds. The van der Waals surface area contributed by atoms with Crippen molar-refractivity contribution < 1.29 is 9.90 Å². The standard InChI is InChI=1S/C11H16N2O3/c1-7(2)9(14)6-13-11(16)8-3-4-10(15)12-5-8/h3-5,7,9,14H,6H2,1-2H3,(H,12,15)(H,13,16). The summed E-state index contributed by atoms with van der Waals surface area (Å²) in [5.74, 6) is -0.216. The summed E-state index contributed by atoms with van der Waals surface area (Å²) in [5, 5.41) is 12.1. The Bertz CT molecular complexity index is 391. The van der Waals surface area contributed by atoms with E-state index in [-0.39, 0.29) is 23.9 Å². The Kier molecular flexibility index (Phi) is 4.25. The molecule has 0 aliphatic carbocycles. The van der Waals surface area contributed by atoms with Gasteiger partial charge in [-0.3, -0.25) is 9.59 Å². The second kappa shape index (κ2) is 5.46. The molecule has 3 N–H and O–H groups in total. The summed E-state index contributed by atoms with van der Waals surface area (Å²) in [6.45, 7) is 3.95. The molecular weight excluding hydrogens is 208 g/mol. The third-order valence-corrected chi connectivity index (χ3v) is 2.29. The van der Waals surface area contributed by atoms with Crippen molar-refractivity contribution in [1.82, 2.24) is 10.3 Å². The zero-order valence-electron chi connectivity index (χ0n) is 9.36. The minimum absolute atomic E-state index is 0.0934. The van der Waals surface area contributed by atoms with E-state index in [2.05, 4.69) is 10.3 Å². The van der Waals surface area contributed by atoms with Gasteiger partial charge in [0.25, 0.3) is 5.91 Å². The fourth-order valence-corrected chi connectivity index (χ4v) is 1.09. The van der Waals surface area contributed by atoms with Gasteiger partial charge in [0.15, 0.2) is 0 Å². The number of aliphatic hydroxyl groups excluding tert-OH is 1. The number of aromatic amines is 1. The van der Waals surface area contributed by atoms with Crippen LogP contribution in [0.5, 0.6) is 0 Å². The molecule has 0 spiro atoms. The van der Waals surface area contributed by atoms with Gasteiger partial charge in [0.2, 0.25) is 5.56 Å². The van der Waals surface area contributed by atoms with E-state index in [1.54, 1.807) is 0 Å². The Balaban J connectivity index is 2.53. The predicted octanol–water partition coefficient (Wildman–Crippen LogP) is 0.122. The topological polar surface area (TPSA) is 82.2 Å². The molecule has 0 aliphatic heterocycles. The molecule has 88 valence electrons. The van der Waals surface area contributed by atoms with E-state index in [4.69, 9.17) is 0 Å². The summed E-state index contributed by atoms with van der Waals surface area (Å²) in [6.07, 6.45) is 0.783. The maximum atomic E-state index is 11.5. The van der Waals surface area contributed by atoms with Crippen molar-refractivity contribution in [3.63, 3.8) is 0 Å². The Morgan fingerprint density at radius 1 is 1.50 bits per heavy atom. The molecule has 0 aromatic carbocycles. The number of H-pyrrole nitrogens is 1. The highest BCUT2D eigenvalue weighted by Gasteiger charge is 2.11. The van der Waals surface area contributed by atoms with Crippen LogP contribution in [0.4, 0.5) is 0 Å². The number of nitrogens with one attached hydrogen (secondary N) is 2. The van der Waals surface area contributed by atoms with Crippen molar-refractivity contribution in [2.75, 3.05) is 6.54 Å². The molecule has 1 unspecified atom stereocenters. The number of aromatic nitrogens is 1. The van der Waals surface area contributed by atoms with Gasteiger partial charge in [0, 0.05) is 18.8 Å². The lowest BCUT2D eigenvalue weighted by atomic mass is 10.1. The fraction of sp³-hybridized carbons (Fsp3) is 0.455. The maximum absolute atomic E-state index is 11.5. The number of amides is 1. The van der Waals surface area contributed by atoms with Crippen molar-refractivity contribution in [3.05, 3.63) is 34.2 Å². The molecule has 0 bridgehead atoms. The molecule has 0 aliphatic rings. The lowest BCUT2D eigenvalue weighted by Gasteiger charge is -2.14. The highest BCUT2D eigenvalue weighted by atomic mass is 16.3. The smallest absolute Gasteiger partial charge is 0.252 e. The van der Waals surface area contributed by atoms with Crippen LogP contribution in [0.15, 0.2) is 23.1 Å². The second-order valence-corrected chi connectivity index (χ2v) is 3.96. The van der Waals surface area contributed by atoms with Gasteiger partial charge in [-0.2, -0.15) is 0 Å². The van der Waals surface area contributed by atoms with E-state index in [0.717, 1.165) is 0 Å². The molecule has 0 fully saturated rings. The van der Waals surface area contributed by atoms with Gasteiger partial charge in [-0.1, -0.05) is 13.8 Å². The zero-order valence-corrected chi connectivity index (χ0v) is 9.36. The molecule has 5 nitrogen and oxygen atoms in total. The molecule has 5 heteroatoms. The van der Waals surface area contributed by atoms with E-state index in [0.29, 0.717) is 5.56 Å². The first-order chi connectivity index (χ1) is 7.50. The van der Waals surface area contributed by atoms with Gasteiger partial charge in [-0.05, 0) is 12.0 Å². The number of rotatable bonds is 4. The quantitative estimate of drug-likeness (QED) is 0.679. The van der Waals surface area contributed by atoms with E-state index in [1.807, 2.05) is 13.8 Å². The van der Waals surface area contributed by atoms with Crippen LogP contribution in [0.2, 0.25) is 0 Å². The first kappa shape index (κ1) is 12.4. The number of hydrogen-bond donors (Lipinski definition) is 3. The van der Waals surface area contributed by atoms with Crippen LogP contribution in [0, 0.1) is 5.92 Å². The summed E-state index contributed by atoms with van der Waals surface area (Å²) in [6, 6.07) is 2.73. The van der Waals surface area contributed by atoms with Crippen molar-refractivity contribution >= 4 is 5.91 Å². The minimum atomic E-state index is -0.563. The van der Waals surface area contributed by atoms with Crippen molar-refractivity contribution in [2.45, 2.75) is 20.0 Å². The first-order valence-electron chi connectivity index (χ1n) is 5.15.